The van der Waals surface area contributed by atoms with Gasteiger partial charge in [0, 0.05) is 18.1 Å². The Hall–Kier alpha value is -1.59. The molecule has 22 heavy (non-hydrogen) atoms. The first-order chi connectivity index (χ1) is 10.6. The van der Waals surface area contributed by atoms with Crippen LogP contribution in [0.3, 0.4) is 0 Å². The van der Waals surface area contributed by atoms with Crippen molar-refractivity contribution < 1.29 is 9.59 Å². The SMILES string of the molecule is CCCNC(=O)c1ccc(Cl)cc1NC(=O)C1CCCNC1. The first-order valence-corrected chi connectivity index (χ1v) is 8.09. The molecule has 2 amide bonds. The predicted octanol–water partition coefficient (Wildman–Crippen LogP) is 2.42. The molecule has 120 valence electrons. The second-order valence-electron chi connectivity index (χ2n) is 5.48. The Morgan fingerprint density at radius 3 is 2.91 bits per heavy atom. The van der Waals surface area contributed by atoms with Crippen molar-refractivity contribution in [3.8, 4) is 0 Å². The van der Waals surface area contributed by atoms with E-state index in [1.807, 2.05) is 6.92 Å². The number of anilines is 1. The highest BCUT2D eigenvalue weighted by Gasteiger charge is 2.22. The Labute approximate surface area is 135 Å². The van der Waals surface area contributed by atoms with Crippen molar-refractivity contribution in [1.29, 1.82) is 0 Å². The topological polar surface area (TPSA) is 70.2 Å². The van der Waals surface area contributed by atoms with Gasteiger partial charge in [-0.05, 0) is 44.0 Å². The number of carbonyl (C=O) groups excluding carboxylic acids is 2. The molecule has 2 rings (SSSR count). The fourth-order valence-electron chi connectivity index (χ4n) is 2.46. The van der Waals surface area contributed by atoms with Gasteiger partial charge in [0.15, 0.2) is 0 Å². The molecule has 0 aromatic heterocycles. The largest absolute Gasteiger partial charge is 0.352 e. The van der Waals surface area contributed by atoms with E-state index in [9.17, 15) is 9.59 Å². The Morgan fingerprint density at radius 2 is 2.23 bits per heavy atom. The number of carbonyl (C=O) groups is 2. The minimum atomic E-state index is -0.199. The highest BCUT2D eigenvalue weighted by molar-refractivity contribution is 6.31. The molecule has 0 bridgehead atoms. The molecule has 1 aliphatic rings. The number of halogens is 1. The first-order valence-electron chi connectivity index (χ1n) is 7.71. The summed E-state index contributed by atoms with van der Waals surface area (Å²) in [5.74, 6) is -0.339. The standard InChI is InChI=1S/C16H22ClN3O2/c1-2-7-19-16(22)13-6-5-12(17)9-14(13)20-15(21)11-4-3-8-18-10-11/h5-6,9,11,18H,2-4,7-8,10H2,1H3,(H,19,22)(H,20,21). The van der Waals surface area contributed by atoms with Crippen LogP contribution in [0, 0.1) is 5.92 Å². The van der Waals surface area contributed by atoms with E-state index < -0.39 is 0 Å². The third-order valence-electron chi connectivity index (χ3n) is 3.69. The van der Waals surface area contributed by atoms with Crippen molar-refractivity contribution in [2.75, 3.05) is 25.0 Å². The van der Waals surface area contributed by atoms with Crippen LogP contribution < -0.4 is 16.0 Å². The minimum absolute atomic E-state index is 0.0701. The fraction of sp³-hybridized carbons (Fsp3) is 0.500. The van der Waals surface area contributed by atoms with Crippen LogP contribution >= 0.6 is 11.6 Å². The van der Waals surface area contributed by atoms with Crippen molar-refractivity contribution in [3.63, 3.8) is 0 Å². The molecule has 1 aromatic carbocycles. The lowest BCUT2D eigenvalue weighted by Gasteiger charge is -2.22. The third kappa shape index (κ3) is 4.45. The van der Waals surface area contributed by atoms with Crippen LogP contribution in [0.25, 0.3) is 0 Å². The lowest BCUT2D eigenvalue weighted by molar-refractivity contribution is -0.120. The summed E-state index contributed by atoms with van der Waals surface area (Å²) in [7, 11) is 0. The highest BCUT2D eigenvalue weighted by Crippen LogP contribution is 2.23. The van der Waals surface area contributed by atoms with E-state index in [0.29, 0.717) is 29.4 Å². The van der Waals surface area contributed by atoms with Gasteiger partial charge in [0.25, 0.3) is 5.91 Å². The van der Waals surface area contributed by atoms with E-state index in [4.69, 9.17) is 11.6 Å². The molecule has 1 unspecified atom stereocenters. The predicted molar refractivity (Wildman–Crippen MR) is 88.3 cm³/mol. The van der Waals surface area contributed by atoms with Gasteiger partial charge in [0.2, 0.25) is 5.91 Å². The van der Waals surface area contributed by atoms with Crippen molar-refractivity contribution in [1.82, 2.24) is 10.6 Å². The summed E-state index contributed by atoms with van der Waals surface area (Å²) in [4.78, 5) is 24.5. The molecule has 6 heteroatoms. The number of nitrogens with one attached hydrogen (secondary N) is 3. The normalized spacial score (nSPS) is 17.8. The maximum atomic E-state index is 12.3. The van der Waals surface area contributed by atoms with Gasteiger partial charge >= 0.3 is 0 Å². The average Bonchev–Trinajstić information content (AvgIpc) is 2.53. The smallest absolute Gasteiger partial charge is 0.253 e. The van der Waals surface area contributed by atoms with Gasteiger partial charge in [-0.25, -0.2) is 0 Å². The van der Waals surface area contributed by atoms with E-state index in [1.54, 1.807) is 18.2 Å². The number of hydrogen-bond donors (Lipinski definition) is 3. The lowest BCUT2D eigenvalue weighted by atomic mass is 9.98. The van der Waals surface area contributed by atoms with Crippen molar-refractivity contribution in [2.45, 2.75) is 26.2 Å². The van der Waals surface area contributed by atoms with Crippen LogP contribution in [0.15, 0.2) is 18.2 Å². The summed E-state index contributed by atoms with van der Waals surface area (Å²) in [6.07, 6.45) is 2.70. The Morgan fingerprint density at radius 1 is 1.41 bits per heavy atom. The molecule has 3 N–H and O–H groups in total. The van der Waals surface area contributed by atoms with Gasteiger partial charge in [-0.2, -0.15) is 0 Å². The molecule has 5 nitrogen and oxygen atoms in total. The van der Waals surface area contributed by atoms with Crippen molar-refractivity contribution >= 4 is 29.1 Å². The number of piperidine rings is 1. The molecule has 1 fully saturated rings. The third-order valence-corrected chi connectivity index (χ3v) is 3.92. The summed E-state index contributed by atoms with van der Waals surface area (Å²) in [5.41, 5.74) is 0.909. The summed E-state index contributed by atoms with van der Waals surface area (Å²) < 4.78 is 0. The molecule has 0 aliphatic carbocycles. The minimum Gasteiger partial charge on any atom is -0.352 e. The fourth-order valence-corrected chi connectivity index (χ4v) is 2.63. The monoisotopic (exact) mass is 323 g/mol. The molecule has 1 atom stereocenters. The molecule has 0 spiro atoms. The molecular formula is C16H22ClN3O2. The molecule has 0 saturated carbocycles. The number of hydrogen-bond acceptors (Lipinski definition) is 3. The van der Waals surface area contributed by atoms with Gasteiger partial charge < -0.3 is 16.0 Å². The Balaban J connectivity index is 2.12. The van der Waals surface area contributed by atoms with E-state index in [1.165, 1.54) is 0 Å². The Bertz CT molecular complexity index is 542. The van der Waals surface area contributed by atoms with Crippen LogP contribution in [0.2, 0.25) is 5.02 Å². The first kappa shape index (κ1) is 16.8. The summed E-state index contributed by atoms with van der Waals surface area (Å²) in [6.45, 7) is 4.21. The van der Waals surface area contributed by atoms with Crippen molar-refractivity contribution in [3.05, 3.63) is 28.8 Å². The molecule has 1 heterocycles. The molecule has 0 radical (unpaired) electrons. The molecule has 1 aliphatic heterocycles. The van der Waals surface area contributed by atoms with Gasteiger partial charge in [0.1, 0.15) is 0 Å². The zero-order valence-corrected chi connectivity index (χ0v) is 13.5. The van der Waals surface area contributed by atoms with E-state index in [2.05, 4.69) is 16.0 Å². The van der Waals surface area contributed by atoms with E-state index in [0.717, 1.165) is 25.8 Å². The van der Waals surface area contributed by atoms with Crippen LogP contribution in [-0.4, -0.2) is 31.4 Å². The zero-order chi connectivity index (χ0) is 15.9. The molecule has 1 saturated heterocycles. The molecular weight excluding hydrogens is 302 g/mol. The van der Waals surface area contributed by atoms with Gasteiger partial charge in [-0.1, -0.05) is 18.5 Å². The second-order valence-corrected chi connectivity index (χ2v) is 5.91. The summed E-state index contributed by atoms with van der Waals surface area (Å²) in [6, 6.07) is 4.92. The molecule has 1 aromatic rings. The number of benzene rings is 1. The maximum absolute atomic E-state index is 12.3. The lowest BCUT2D eigenvalue weighted by Crippen LogP contribution is -2.37. The van der Waals surface area contributed by atoms with Crippen LogP contribution in [0.4, 0.5) is 5.69 Å². The van der Waals surface area contributed by atoms with E-state index >= 15 is 0 Å². The Kier molecular flexibility index (Phi) is 6.21. The van der Waals surface area contributed by atoms with Gasteiger partial charge in [-0.3, -0.25) is 9.59 Å². The zero-order valence-electron chi connectivity index (χ0n) is 12.7. The number of rotatable bonds is 5. The second kappa shape index (κ2) is 8.15. The van der Waals surface area contributed by atoms with Crippen LogP contribution in [0.5, 0.6) is 0 Å². The quantitative estimate of drug-likeness (QED) is 0.779. The average molecular weight is 324 g/mol. The van der Waals surface area contributed by atoms with Crippen LogP contribution in [0.1, 0.15) is 36.5 Å². The van der Waals surface area contributed by atoms with Gasteiger partial charge in [0.05, 0.1) is 17.2 Å². The highest BCUT2D eigenvalue weighted by atomic mass is 35.5. The van der Waals surface area contributed by atoms with Crippen LogP contribution in [-0.2, 0) is 4.79 Å². The van der Waals surface area contributed by atoms with Gasteiger partial charge in [-0.15, -0.1) is 0 Å². The number of amides is 2. The maximum Gasteiger partial charge on any atom is 0.253 e. The van der Waals surface area contributed by atoms with Crippen molar-refractivity contribution in [2.24, 2.45) is 5.92 Å². The summed E-state index contributed by atoms with van der Waals surface area (Å²) >= 11 is 6.00. The summed E-state index contributed by atoms with van der Waals surface area (Å²) in [5, 5.41) is 9.37. The van der Waals surface area contributed by atoms with E-state index in [-0.39, 0.29) is 17.7 Å².